The van der Waals surface area contributed by atoms with Crippen LogP contribution in [0.5, 0.6) is 0 Å². The Morgan fingerprint density at radius 2 is 1.43 bits per heavy atom. The second-order valence-corrected chi connectivity index (χ2v) is 9.32. The van der Waals surface area contributed by atoms with Crippen molar-refractivity contribution in [3.63, 3.8) is 0 Å². The molecule has 0 aliphatic carbocycles. The maximum Gasteiger partial charge on any atom is 0.159 e. The molecule has 0 spiro atoms. The summed E-state index contributed by atoms with van der Waals surface area (Å²) in [5.74, 6) is 0. The molecule has 0 aliphatic heterocycles. The topological polar surface area (TPSA) is 61.2 Å². The Morgan fingerprint density at radius 1 is 0.811 bits per heavy atom. The lowest BCUT2D eigenvalue weighted by molar-refractivity contribution is -0.122. The van der Waals surface area contributed by atoms with E-state index < -0.39 is 11.8 Å². The molecule has 5 rings (SSSR count). The number of ether oxygens (including phenoxy) is 2. The standard InChI is InChI=1S/C30H29ClN4O2/c1-36-28(37-2)21-30(23-17-19-24(31)20-18-23,35-27-16-10-9-15-26(27)33-34-35)29(22-11-5-3-6-12-22)32-25-13-7-4-8-14-25/h3-20,28-29,32H,21H2,1-2H3. The van der Waals surface area contributed by atoms with Gasteiger partial charge in [-0.25, -0.2) is 4.68 Å². The van der Waals surface area contributed by atoms with Gasteiger partial charge in [-0.2, -0.15) is 0 Å². The summed E-state index contributed by atoms with van der Waals surface area (Å²) in [6.07, 6.45) is -0.0867. The molecule has 0 radical (unpaired) electrons. The van der Waals surface area contributed by atoms with Crippen LogP contribution in [-0.2, 0) is 15.0 Å². The molecule has 1 heterocycles. The van der Waals surface area contributed by atoms with E-state index in [2.05, 4.69) is 34.7 Å². The van der Waals surface area contributed by atoms with Crippen LogP contribution in [0.25, 0.3) is 11.0 Å². The van der Waals surface area contributed by atoms with Crippen LogP contribution < -0.4 is 5.32 Å². The number of hydrogen-bond acceptors (Lipinski definition) is 5. The first-order chi connectivity index (χ1) is 18.2. The van der Waals surface area contributed by atoms with Gasteiger partial charge < -0.3 is 14.8 Å². The number of methoxy groups -OCH3 is 2. The van der Waals surface area contributed by atoms with Gasteiger partial charge in [-0.1, -0.05) is 89.6 Å². The molecule has 0 bridgehead atoms. The number of benzene rings is 4. The molecule has 4 aromatic carbocycles. The normalized spacial score (nSPS) is 13.9. The van der Waals surface area contributed by atoms with Crippen molar-refractivity contribution >= 4 is 28.3 Å². The van der Waals surface area contributed by atoms with Gasteiger partial charge in [-0.3, -0.25) is 0 Å². The molecule has 6 nitrogen and oxygen atoms in total. The average Bonchev–Trinajstić information content (AvgIpc) is 3.39. The van der Waals surface area contributed by atoms with E-state index >= 15 is 0 Å². The van der Waals surface area contributed by atoms with E-state index in [4.69, 9.17) is 26.3 Å². The zero-order chi connectivity index (χ0) is 25.7. The number of anilines is 1. The second-order valence-electron chi connectivity index (χ2n) is 8.88. The Morgan fingerprint density at radius 3 is 2.11 bits per heavy atom. The number of nitrogens with zero attached hydrogens (tertiary/aromatic N) is 3. The molecule has 1 N–H and O–H groups in total. The van der Waals surface area contributed by atoms with Crippen molar-refractivity contribution in [2.75, 3.05) is 19.5 Å². The molecule has 0 fully saturated rings. The van der Waals surface area contributed by atoms with Crippen molar-refractivity contribution < 1.29 is 9.47 Å². The van der Waals surface area contributed by atoms with Crippen molar-refractivity contribution in [2.45, 2.75) is 24.3 Å². The fourth-order valence-corrected chi connectivity index (χ4v) is 5.10. The zero-order valence-corrected chi connectivity index (χ0v) is 21.5. The van der Waals surface area contributed by atoms with E-state index in [1.807, 2.05) is 89.6 Å². The van der Waals surface area contributed by atoms with E-state index in [1.165, 1.54) is 0 Å². The molecule has 2 atom stereocenters. The van der Waals surface area contributed by atoms with Crippen molar-refractivity contribution in [3.05, 3.63) is 125 Å². The molecule has 1 aromatic heterocycles. The predicted molar refractivity (Wildman–Crippen MR) is 148 cm³/mol. The van der Waals surface area contributed by atoms with Crippen LogP contribution in [0.4, 0.5) is 5.69 Å². The molecule has 5 aromatic rings. The summed E-state index contributed by atoms with van der Waals surface area (Å²) >= 11 is 6.37. The van der Waals surface area contributed by atoms with Crippen molar-refractivity contribution in [1.82, 2.24) is 15.0 Å². The van der Waals surface area contributed by atoms with E-state index in [0.717, 1.165) is 27.8 Å². The highest BCUT2D eigenvalue weighted by Gasteiger charge is 2.47. The van der Waals surface area contributed by atoms with Crippen molar-refractivity contribution in [3.8, 4) is 0 Å². The number of nitrogens with one attached hydrogen (secondary N) is 1. The number of aromatic nitrogens is 3. The summed E-state index contributed by atoms with van der Waals surface area (Å²) in [6, 6.07) is 36.1. The Bertz CT molecular complexity index is 1420. The van der Waals surface area contributed by atoms with E-state index in [0.29, 0.717) is 11.4 Å². The summed E-state index contributed by atoms with van der Waals surface area (Å²) in [4.78, 5) is 0. The van der Waals surface area contributed by atoms with Gasteiger partial charge in [-0.05, 0) is 47.5 Å². The first-order valence-electron chi connectivity index (χ1n) is 12.1. The third-order valence-corrected chi connectivity index (χ3v) is 7.02. The summed E-state index contributed by atoms with van der Waals surface area (Å²) in [5.41, 5.74) is 3.91. The van der Waals surface area contributed by atoms with Crippen molar-refractivity contribution in [1.29, 1.82) is 0 Å². The van der Waals surface area contributed by atoms with Gasteiger partial charge in [0.25, 0.3) is 0 Å². The predicted octanol–water partition coefficient (Wildman–Crippen LogP) is 6.69. The van der Waals surface area contributed by atoms with Gasteiger partial charge in [0.1, 0.15) is 11.1 Å². The Labute approximate surface area is 221 Å². The smallest absolute Gasteiger partial charge is 0.159 e. The van der Waals surface area contributed by atoms with E-state index in [1.54, 1.807) is 14.2 Å². The Kier molecular flexibility index (Phi) is 7.51. The van der Waals surface area contributed by atoms with Crippen LogP contribution in [0.1, 0.15) is 23.6 Å². The van der Waals surface area contributed by atoms with Crippen LogP contribution >= 0.6 is 11.6 Å². The van der Waals surface area contributed by atoms with Crippen LogP contribution in [0.15, 0.2) is 109 Å². The largest absolute Gasteiger partial charge is 0.375 e. The lowest BCUT2D eigenvalue weighted by Crippen LogP contribution is -2.48. The molecule has 37 heavy (non-hydrogen) atoms. The van der Waals surface area contributed by atoms with E-state index in [9.17, 15) is 0 Å². The highest BCUT2D eigenvalue weighted by molar-refractivity contribution is 6.30. The first-order valence-corrected chi connectivity index (χ1v) is 12.5. The summed E-state index contributed by atoms with van der Waals surface area (Å²) < 4.78 is 13.6. The number of halogens is 1. The third kappa shape index (κ3) is 4.96. The Balaban J connectivity index is 1.85. The highest BCUT2D eigenvalue weighted by Crippen LogP contribution is 2.46. The van der Waals surface area contributed by atoms with Gasteiger partial charge >= 0.3 is 0 Å². The van der Waals surface area contributed by atoms with Crippen LogP contribution in [-0.4, -0.2) is 35.5 Å². The minimum atomic E-state index is -0.839. The maximum absolute atomic E-state index is 6.37. The van der Waals surface area contributed by atoms with Gasteiger partial charge in [0, 0.05) is 31.4 Å². The van der Waals surface area contributed by atoms with Crippen LogP contribution in [0.2, 0.25) is 5.02 Å². The molecule has 0 aliphatic rings. The SMILES string of the molecule is COC(CC(c1ccc(Cl)cc1)(C(Nc1ccccc1)c1ccccc1)n1nnc2ccccc21)OC. The minimum Gasteiger partial charge on any atom is -0.375 e. The Hall–Kier alpha value is -3.71. The molecule has 0 saturated heterocycles. The fourth-order valence-electron chi connectivity index (χ4n) is 4.98. The molecule has 0 saturated carbocycles. The van der Waals surface area contributed by atoms with E-state index in [-0.39, 0.29) is 6.04 Å². The monoisotopic (exact) mass is 512 g/mol. The van der Waals surface area contributed by atoms with Crippen LogP contribution in [0, 0.1) is 0 Å². The maximum atomic E-state index is 6.37. The number of rotatable bonds is 10. The molecular formula is C30H29ClN4O2. The van der Waals surface area contributed by atoms with Gasteiger partial charge in [0.05, 0.1) is 11.6 Å². The highest BCUT2D eigenvalue weighted by atomic mass is 35.5. The number of hydrogen-bond donors (Lipinski definition) is 1. The summed E-state index contributed by atoms with van der Waals surface area (Å²) in [6.45, 7) is 0. The van der Waals surface area contributed by atoms with Gasteiger partial charge in [-0.15, -0.1) is 5.10 Å². The third-order valence-electron chi connectivity index (χ3n) is 6.77. The van der Waals surface area contributed by atoms with Crippen molar-refractivity contribution in [2.24, 2.45) is 0 Å². The van der Waals surface area contributed by atoms with Gasteiger partial charge in [0.15, 0.2) is 6.29 Å². The summed E-state index contributed by atoms with van der Waals surface area (Å²) in [5, 5.41) is 13.8. The molecule has 2 unspecified atom stereocenters. The lowest BCUT2D eigenvalue weighted by Gasteiger charge is -2.44. The number of para-hydroxylation sites is 2. The minimum absolute atomic E-state index is 0.296. The quantitative estimate of drug-likeness (QED) is 0.211. The summed E-state index contributed by atoms with van der Waals surface area (Å²) in [7, 11) is 3.31. The zero-order valence-electron chi connectivity index (χ0n) is 20.8. The first kappa shape index (κ1) is 25.0. The molecule has 7 heteroatoms. The molecular weight excluding hydrogens is 484 g/mol. The molecule has 0 amide bonds. The van der Waals surface area contributed by atoms with Crippen LogP contribution in [0.3, 0.4) is 0 Å². The second kappa shape index (κ2) is 11.1. The fraction of sp³-hybridized carbons (Fsp3) is 0.200. The average molecular weight is 513 g/mol. The molecule has 188 valence electrons. The van der Waals surface area contributed by atoms with Gasteiger partial charge in [0.2, 0.25) is 0 Å². The number of fused-ring (bicyclic) bond motifs is 1. The lowest BCUT2D eigenvalue weighted by atomic mass is 9.76.